The van der Waals surface area contributed by atoms with E-state index >= 15 is 4.39 Å². The van der Waals surface area contributed by atoms with E-state index in [1.54, 1.807) is 0 Å². The lowest BCUT2D eigenvalue weighted by Crippen LogP contribution is -2.50. The van der Waals surface area contributed by atoms with Crippen molar-refractivity contribution in [2.45, 2.75) is 18.0 Å². The zero-order chi connectivity index (χ0) is 29.5. The molecule has 0 aliphatic rings. The first-order valence-electron chi connectivity index (χ1n) is 10.2. The zero-order valence-electron chi connectivity index (χ0n) is 19.0. The second-order valence-electron chi connectivity index (χ2n) is 7.77. The van der Waals surface area contributed by atoms with Crippen LogP contribution in [0.25, 0.3) is 0 Å². The standard InChI is InChI=1S/C23H12Cl3F8N3O2/c1-37(20(39)12-5-3-7-35-18(12)26)15-6-2-4-11(16(15)27)19(38)36-17-13(24)8-10(9-14(17)25)21(28,22(29,30)31)23(32,33)34/h2-9H,1H3,(H,36,38). The summed E-state index contributed by atoms with van der Waals surface area (Å²) in [5, 5.41) is -0.217. The Morgan fingerprint density at radius 3 is 1.92 bits per heavy atom. The quantitative estimate of drug-likeness (QED) is 0.232. The second-order valence-corrected chi connectivity index (χ2v) is 8.94. The zero-order valence-corrected chi connectivity index (χ0v) is 21.3. The molecule has 0 spiro atoms. The fraction of sp³-hybridized carbons (Fsp3) is 0.174. The Hall–Kier alpha value is -3.16. The van der Waals surface area contributed by atoms with Crippen LogP contribution >= 0.6 is 34.8 Å². The van der Waals surface area contributed by atoms with E-state index in [0.717, 1.165) is 17.0 Å². The number of amides is 2. The van der Waals surface area contributed by atoms with Crippen LogP contribution in [-0.2, 0) is 5.67 Å². The highest BCUT2D eigenvalue weighted by Crippen LogP contribution is 2.54. The maximum absolute atomic E-state index is 15.3. The van der Waals surface area contributed by atoms with Gasteiger partial charge in [0.2, 0.25) is 0 Å². The van der Waals surface area contributed by atoms with Crippen LogP contribution in [0.3, 0.4) is 0 Å². The molecule has 0 saturated heterocycles. The number of nitrogens with zero attached hydrogens (tertiary/aromatic N) is 2. The first-order valence-corrected chi connectivity index (χ1v) is 11.4. The van der Waals surface area contributed by atoms with E-state index in [2.05, 4.69) is 4.98 Å². The number of hydrogen-bond acceptors (Lipinski definition) is 3. The van der Waals surface area contributed by atoms with E-state index in [0.29, 0.717) is 0 Å². The molecule has 0 fully saturated rings. The van der Waals surface area contributed by atoms with Crippen molar-refractivity contribution in [1.82, 2.24) is 4.98 Å². The van der Waals surface area contributed by atoms with Gasteiger partial charge >= 0.3 is 18.0 Å². The van der Waals surface area contributed by atoms with E-state index in [1.807, 2.05) is 5.32 Å². The summed E-state index contributed by atoms with van der Waals surface area (Å²) in [4.78, 5) is 30.1. The molecule has 0 unspecified atom stereocenters. The molecule has 208 valence electrons. The van der Waals surface area contributed by atoms with Crippen molar-refractivity contribution in [3.05, 3.63) is 86.4 Å². The largest absolute Gasteiger partial charge is 0.435 e. The van der Waals surface area contributed by atoms with Crippen LogP contribution in [0.4, 0.5) is 46.5 Å². The molecule has 1 N–H and O–H groups in total. The number of anilines is 2. The van der Waals surface area contributed by atoms with Crippen LogP contribution in [0.2, 0.25) is 15.2 Å². The van der Waals surface area contributed by atoms with Gasteiger partial charge in [-0.05, 0) is 36.4 Å². The Labute approximate surface area is 229 Å². The van der Waals surface area contributed by atoms with E-state index in [4.69, 9.17) is 34.8 Å². The van der Waals surface area contributed by atoms with Crippen LogP contribution in [-0.4, -0.2) is 36.2 Å². The smallest absolute Gasteiger partial charge is 0.319 e. The molecule has 2 amide bonds. The van der Waals surface area contributed by atoms with Crippen molar-refractivity contribution in [3.63, 3.8) is 0 Å². The summed E-state index contributed by atoms with van der Waals surface area (Å²) in [6, 6.07) is 5.97. The van der Waals surface area contributed by atoms with Crippen LogP contribution in [0, 0.1) is 5.82 Å². The summed E-state index contributed by atoms with van der Waals surface area (Å²) in [6.07, 6.45) is -11.6. The van der Waals surface area contributed by atoms with Crippen molar-refractivity contribution < 1.29 is 44.7 Å². The minimum absolute atomic E-state index is 0.0130. The molecule has 3 aromatic rings. The summed E-state index contributed by atoms with van der Waals surface area (Å²) < 4.78 is 108. The average Bonchev–Trinajstić information content (AvgIpc) is 2.83. The molecule has 0 bridgehead atoms. The molecule has 39 heavy (non-hydrogen) atoms. The van der Waals surface area contributed by atoms with Crippen molar-refractivity contribution in [1.29, 1.82) is 0 Å². The third kappa shape index (κ3) is 5.61. The number of benzene rings is 2. The Morgan fingerprint density at radius 1 is 0.872 bits per heavy atom. The fourth-order valence-electron chi connectivity index (χ4n) is 3.35. The second kappa shape index (κ2) is 10.8. The van der Waals surface area contributed by atoms with E-state index in [-0.39, 0.29) is 22.8 Å². The number of aromatic nitrogens is 1. The van der Waals surface area contributed by atoms with Gasteiger partial charge in [-0.1, -0.05) is 40.9 Å². The van der Waals surface area contributed by atoms with Crippen molar-refractivity contribution in [3.8, 4) is 0 Å². The number of alkyl halides is 7. The molecule has 3 rings (SSSR count). The highest BCUT2D eigenvalue weighted by atomic mass is 35.5. The van der Waals surface area contributed by atoms with Gasteiger partial charge in [0.25, 0.3) is 11.8 Å². The van der Waals surface area contributed by atoms with Gasteiger partial charge in [-0.25, -0.2) is 13.8 Å². The lowest BCUT2D eigenvalue weighted by Gasteiger charge is -2.30. The highest BCUT2D eigenvalue weighted by molar-refractivity contribution is 6.40. The number of hydrogen-bond donors (Lipinski definition) is 1. The summed E-state index contributed by atoms with van der Waals surface area (Å²) in [5.41, 5.74) is -9.75. The van der Waals surface area contributed by atoms with Crippen LogP contribution in [0.1, 0.15) is 26.3 Å². The minimum Gasteiger partial charge on any atom is -0.319 e. The van der Waals surface area contributed by atoms with E-state index < -0.39 is 68.2 Å². The fourth-order valence-corrected chi connectivity index (χ4v) is 4.13. The van der Waals surface area contributed by atoms with Gasteiger partial charge in [0.05, 0.1) is 32.5 Å². The SMILES string of the molecule is CN(C(=O)c1cccnc1Cl)c1cccc(C(=O)Nc2c(Cl)cc(C(F)(C(F)(F)F)C(F)(F)F)cc2Cl)c1F. The minimum atomic E-state index is -6.43. The monoisotopic (exact) mass is 619 g/mol. The molecule has 2 aromatic carbocycles. The molecule has 0 radical (unpaired) electrons. The van der Waals surface area contributed by atoms with Crippen LogP contribution in [0.15, 0.2) is 48.7 Å². The van der Waals surface area contributed by atoms with Gasteiger partial charge in [0.15, 0.2) is 5.82 Å². The maximum atomic E-state index is 15.3. The first-order chi connectivity index (χ1) is 17.9. The van der Waals surface area contributed by atoms with Gasteiger partial charge < -0.3 is 10.2 Å². The van der Waals surface area contributed by atoms with Crippen molar-refractivity contribution in [2.24, 2.45) is 0 Å². The molecule has 0 aliphatic carbocycles. The number of carbonyl (C=O) groups is 2. The summed E-state index contributed by atoms with van der Waals surface area (Å²) in [5.74, 6) is -3.34. The molecule has 1 aromatic heterocycles. The Kier molecular flexibility index (Phi) is 8.40. The van der Waals surface area contributed by atoms with Gasteiger partial charge in [0, 0.05) is 18.8 Å². The molecular weight excluding hydrogens is 609 g/mol. The lowest BCUT2D eigenvalue weighted by atomic mass is 9.94. The van der Waals surface area contributed by atoms with Gasteiger partial charge in [-0.15, -0.1) is 0 Å². The number of nitrogens with one attached hydrogen (secondary N) is 1. The van der Waals surface area contributed by atoms with Crippen molar-refractivity contribution in [2.75, 3.05) is 17.3 Å². The Bertz CT molecular complexity index is 1410. The third-order valence-corrected chi connectivity index (χ3v) is 6.24. The predicted octanol–water partition coefficient (Wildman–Crippen LogP) is 8.00. The third-order valence-electron chi connectivity index (χ3n) is 5.34. The number of halogens is 11. The normalized spacial score (nSPS) is 12.3. The summed E-state index contributed by atoms with van der Waals surface area (Å²) in [7, 11) is 1.17. The predicted molar refractivity (Wildman–Crippen MR) is 128 cm³/mol. The molecule has 0 aliphatic heterocycles. The van der Waals surface area contributed by atoms with Gasteiger partial charge in [-0.2, -0.15) is 26.3 Å². The topological polar surface area (TPSA) is 62.3 Å². The molecular formula is C23H12Cl3F8N3O2. The maximum Gasteiger partial charge on any atom is 0.435 e. The number of pyridine rings is 1. The number of rotatable bonds is 5. The highest BCUT2D eigenvalue weighted by Gasteiger charge is 2.73. The average molecular weight is 621 g/mol. The molecule has 16 heteroatoms. The summed E-state index contributed by atoms with van der Waals surface area (Å²) >= 11 is 17.4. The van der Waals surface area contributed by atoms with Gasteiger partial charge in [0.1, 0.15) is 5.15 Å². The first kappa shape index (κ1) is 30.4. The van der Waals surface area contributed by atoms with Gasteiger partial charge in [-0.3, -0.25) is 9.59 Å². The lowest BCUT2D eigenvalue weighted by molar-refractivity contribution is -0.348. The van der Waals surface area contributed by atoms with Crippen molar-refractivity contribution >= 4 is 58.0 Å². The van der Waals surface area contributed by atoms with E-state index in [1.165, 1.54) is 31.4 Å². The number of carbonyl (C=O) groups excluding carboxylic acids is 2. The molecule has 0 saturated carbocycles. The molecule has 5 nitrogen and oxygen atoms in total. The van der Waals surface area contributed by atoms with Crippen LogP contribution in [0.5, 0.6) is 0 Å². The molecule has 1 heterocycles. The van der Waals surface area contributed by atoms with Crippen LogP contribution < -0.4 is 10.2 Å². The van der Waals surface area contributed by atoms with E-state index in [9.17, 15) is 40.3 Å². The molecule has 0 atom stereocenters. The Morgan fingerprint density at radius 2 is 1.41 bits per heavy atom. The Balaban J connectivity index is 1.97. The summed E-state index contributed by atoms with van der Waals surface area (Å²) in [6.45, 7) is 0.